The second kappa shape index (κ2) is 11.7. The minimum absolute atomic E-state index is 0.134. The van der Waals surface area contributed by atoms with Gasteiger partial charge in [-0.2, -0.15) is 0 Å². The first-order valence-electron chi connectivity index (χ1n) is 11.7. The molecule has 0 radical (unpaired) electrons. The maximum atomic E-state index is 12.0. The third-order valence-corrected chi connectivity index (χ3v) is 6.45. The molecule has 0 bridgehead atoms. The molecule has 0 amide bonds. The smallest absolute Gasteiger partial charge is 0.303 e. The first-order valence-corrected chi connectivity index (χ1v) is 12.1. The average Bonchev–Trinajstić information content (AvgIpc) is 2.79. The van der Waals surface area contributed by atoms with E-state index >= 15 is 0 Å². The lowest BCUT2D eigenvalue weighted by molar-refractivity contribution is -0.225. The Bertz CT molecular complexity index is 989. The molecule has 7 heteroatoms. The zero-order valence-electron chi connectivity index (χ0n) is 20.4. The highest BCUT2D eigenvalue weighted by Crippen LogP contribution is 2.40. The van der Waals surface area contributed by atoms with Crippen LogP contribution in [-0.2, 0) is 30.2 Å². The molecule has 0 saturated carbocycles. The summed E-state index contributed by atoms with van der Waals surface area (Å²) in [5, 5.41) is 0.634. The van der Waals surface area contributed by atoms with Crippen LogP contribution in [0.1, 0.15) is 63.8 Å². The van der Waals surface area contributed by atoms with Gasteiger partial charge in [0.2, 0.25) is 0 Å². The van der Waals surface area contributed by atoms with E-state index in [2.05, 4.69) is 0 Å². The van der Waals surface area contributed by atoms with E-state index in [-0.39, 0.29) is 12.0 Å². The molecule has 5 atom stereocenters. The molecular weight excluding hydrogens is 456 g/mol. The summed E-state index contributed by atoms with van der Waals surface area (Å²) in [5.74, 6) is -0.189. The zero-order valence-corrected chi connectivity index (χ0v) is 21.1. The Hall–Kier alpha value is -2.57. The van der Waals surface area contributed by atoms with Crippen molar-refractivity contribution in [1.82, 2.24) is 0 Å². The maximum absolute atomic E-state index is 12.0. The number of benzene rings is 2. The molecule has 2 aromatic rings. The fraction of sp³-hybridized carbons (Fsp3) is 0.481. The van der Waals surface area contributed by atoms with Gasteiger partial charge in [-0.15, -0.1) is 0 Å². The Morgan fingerprint density at radius 1 is 0.971 bits per heavy atom. The normalized spacial score (nSPS) is 24.4. The Balaban J connectivity index is 1.94. The van der Waals surface area contributed by atoms with Crippen molar-refractivity contribution in [3.8, 4) is 5.75 Å². The van der Waals surface area contributed by atoms with Gasteiger partial charge < -0.3 is 18.9 Å². The van der Waals surface area contributed by atoms with Crippen LogP contribution in [0.15, 0.2) is 42.5 Å². The van der Waals surface area contributed by atoms with E-state index in [0.717, 1.165) is 28.9 Å². The van der Waals surface area contributed by atoms with E-state index in [0.29, 0.717) is 18.1 Å². The molecule has 1 saturated heterocycles. The quantitative estimate of drug-likeness (QED) is 0.445. The molecule has 3 rings (SSSR count). The summed E-state index contributed by atoms with van der Waals surface area (Å²) in [6.45, 7) is 9.25. The highest BCUT2D eigenvalue weighted by molar-refractivity contribution is 6.31. The predicted octanol–water partition coefficient (Wildman–Crippen LogP) is 5.68. The van der Waals surface area contributed by atoms with Gasteiger partial charge in [0.05, 0.1) is 12.7 Å². The number of hydrogen-bond acceptors (Lipinski definition) is 6. The third kappa shape index (κ3) is 6.30. The lowest BCUT2D eigenvalue weighted by atomic mass is 9.84. The SMILES string of the molecule is CCOc1ccc(Cc2cc(C3O[C@H](CC)[C@@H](C)[C@H](OC(C)=O)[C@H]3OC(C)=O)ccc2Cl)cc1. The molecule has 34 heavy (non-hydrogen) atoms. The number of carbonyl (C=O) groups excluding carboxylic acids is 2. The number of rotatable bonds is 8. The van der Waals surface area contributed by atoms with Crippen LogP contribution in [0.4, 0.5) is 0 Å². The van der Waals surface area contributed by atoms with E-state index in [1.807, 2.05) is 63.2 Å². The molecule has 0 spiro atoms. The molecule has 0 aliphatic carbocycles. The Morgan fingerprint density at radius 3 is 2.21 bits per heavy atom. The summed E-state index contributed by atoms with van der Waals surface area (Å²) in [6.07, 6.45) is -0.786. The second-order valence-electron chi connectivity index (χ2n) is 8.62. The van der Waals surface area contributed by atoms with Crippen molar-refractivity contribution in [3.05, 3.63) is 64.2 Å². The standard InChI is InChI=1S/C27H33ClO6/c1-6-24-16(3)25(32-17(4)29)27(33-18(5)30)26(34-24)20-10-13-23(28)21(15-20)14-19-8-11-22(12-9-19)31-7-2/h8-13,15-16,24-27H,6-7,14H2,1-5H3/t16-,24-,25+,26?,27-/m1/s1. The minimum Gasteiger partial charge on any atom is -0.494 e. The van der Waals surface area contributed by atoms with Gasteiger partial charge >= 0.3 is 11.9 Å². The van der Waals surface area contributed by atoms with Gasteiger partial charge in [-0.1, -0.05) is 49.7 Å². The molecule has 0 aromatic heterocycles. The van der Waals surface area contributed by atoms with Crippen LogP contribution >= 0.6 is 11.6 Å². The average molecular weight is 489 g/mol. The van der Waals surface area contributed by atoms with Crippen molar-refractivity contribution in [2.24, 2.45) is 5.92 Å². The summed E-state index contributed by atoms with van der Waals surface area (Å²) in [4.78, 5) is 23.8. The molecule has 6 nitrogen and oxygen atoms in total. The maximum Gasteiger partial charge on any atom is 0.303 e. The number of esters is 2. The number of ether oxygens (including phenoxy) is 4. The van der Waals surface area contributed by atoms with E-state index in [9.17, 15) is 9.59 Å². The number of hydrogen-bond donors (Lipinski definition) is 0. The van der Waals surface area contributed by atoms with Crippen molar-refractivity contribution >= 4 is 23.5 Å². The van der Waals surface area contributed by atoms with E-state index in [1.54, 1.807) is 0 Å². The summed E-state index contributed by atoms with van der Waals surface area (Å²) < 4.78 is 23.3. The van der Waals surface area contributed by atoms with Crippen molar-refractivity contribution in [2.75, 3.05) is 6.61 Å². The minimum atomic E-state index is -0.765. The van der Waals surface area contributed by atoms with Crippen LogP contribution in [0.3, 0.4) is 0 Å². The highest BCUT2D eigenvalue weighted by Gasteiger charge is 2.47. The topological polar surface area (TPSA) is 71.1 Å². The van der Waals surface area contributed by atoms with Gasteiger partial charge in [-0.05, 0) is 54.7 Å². The van der Waals surface area contributed by atoms with Crippen molar-refractivity contribution < 1.29 is 28.5 Å². The van der Waals surface area contributed by atoms with Crippen LogP contribution in [0, 0.1) is 5.92 Å². The van der Waals surface area contributed by atoms with E-state index < -0.39 is 30.3 Å². The second-order valence-corrected chi connectivity index (χ2v) is 9.02. The van der Waals surface area contributed by atoms with Crippen LogP contribution in [-0.4, -0.2) is 36.9 Å². The first-order chi connectivity index (χ1) is 16.2. The van der Waals surface area contributed by atoms with Crippen molar-refractivity contribution in [1.29, 1.82) is 0 Å². The predicted molar refractivity (Wildman–Crippen MR) is 130 cm³/mol. The van der Waals surface area contributed by atoms with Crippen LogP contribution in [0.5, 0.6) is 5.75 Å². The molecule has 184 valence electrons. The molecular formula is C27H33ClO6. The van der Waals surface area contributed by atoms with E-state index in [1.165, 1.54) is 13.8 Å². The van der Waals surface area contributed by atoms with Crippen molar-refractivity contribution in [3.63, 3.8) is 0 Å². The fourth-order valence-electron chi connectivity index (χ4n) is 4.49. The van der Waals surface area contributed by atoms with Gasteiger partial charge in [0.25, 0.3) is 0 Å². The van der Waals surface area contributed by atoms with Crippen LogP contribution < -0.4 is 4.74 Å². The Morgan fingerprint density at radius 2 is 1.62 bits per heavy atom. The summed E-state index contributed by atoms with van der Waals surface area (Å²) >= 11 is 6.54. The van der Waals surface area contributed by atoms with Gasteiger partial charge in [0.1, 0.15) is 18.0 Å². The molecule has 1 fully saturated rings. The Labute approximate surface area is 206 Å². The molecule has 1 heterocycles. The summed E-state index contributed by atoms with van der Waals surface area (Å²) in [7, 11) is 0. The van der Waals surface area contributed by atoms with Gasteiger partial charge in [0.15, 0.2) is 6.10 Å². The molecule has 1 unspecified atom stereocenters. The van der Waals surface area contributed by atoms with Crippen LogP contribution in [0.25, 0.3) is 0 Å². The van der Waals surface area contributed by atoms with E-state index in [4.69, 9.17) is 30.5 Å². The van der Waals surface area contributed by atoms with Gasteiger partial charge in [0, 0.05) is 24.8 Å². The monoisotopic (exact) mass is 488 g/mol. The molecule has 0 N–H and O–H groups in total. The first kappa shape index (κ1) is 26.0. The molecule has 1 aliphatic heterocycles. The van der Waals surface area contributed by atoms with Gasteiger partial charge in [-0.3, -0.25) is 9.59 Å². The van der Waals surface area contributed by atoms with Crippen LogP contribution in [0.2, 0.25) is 5.02 Å². The number of halogens is 1. The Kier molecular flexibility index (Phi) is 8.97. The van der Waals surface area contributed by atoms with Gasteiger partial charge in [-0.25, -0.2) is 0 Å². The third-order valence-electron chi connectivity index (χ3n) is 6.08. The molecule has 2 aromatic carbocycles. The highest BCUT2D eigenvalue weighted by atomic mass is 35.5. The molecule has 1 aliphatic rings. The summed E-state index contributed by atoms with van der Waals surface area (Å²) in [5.41, 5.74) is 2.82. The largest absolute Gasteiger partial charge is 0.494 e. The number of carbonyl (C=O) groups is 2. The van der Waals surface area contributed by atoms with Crippen molar-refractivity contribution in [2.45, 2.75) is 71.9 Å². The zero-order chi connectivity index (χ0) is 24.8. The lowest BCUT2D eigenvalue weighted by Gasteiger charge is -2.44. The fourth-order valence-corrected chi connectivity index (χ4v) is 4.68. The summed E-state index contributed by atoms with van der Waals surface area (Å²) in [6, 6.07) is 13.6. The lowest BCUT2D eigenvalue weighted by Crippen LogP contribution is -2.52.